The molecule has 0 aliphatic heterocycles. The van der Waals surface area contributed by atoms with E-state index < -0.39 is 0 Å². The maximum atomic E-state index is 13.0. The zero-order valence-corrected chi connectivity index (χ0v) is 9.53. The molecule has 1 fully saturated rings. The molecule has 0 bridgehead atoms. The molecule has 1 saturated carbocycles. The van der Waals surface area contributed by atoms with Crippen molar-refractivity contribution in [1.29, 1.82) is 0 Å². The molecule has 0 atom stereocenters. The molecule has 0 aromatic heterocycles. The Labute approximate surface area is 93.4 Å². The van der Waals surface area contributed by atoms with Crippen LogP contribution in [-0.4, -0.2) is 17.5 Å². The molecule has 0 radical (unpaired) electrons. The van der Waals surface area contributed by atoms with Gasteiger partial charge >= 0.3 is 0 Å². The van der Waals surface area contributed by atoms with Gasteiger partial charge in [-0.1, -0.05) is 0 Å². The van der Waals surface area contributed by atoms with E-state index in [2.05, 4.69) is 11.6 Å². The summed E-state index contributed by atoms with van der Waals surface area (Å²) in [7, 11) is 0. The lowest BCUT2D eigenvalue weighted by atomic mass is 10.2. The Morgan fingerprint density at radius 3 is 2.87 bits per heavy atom. The summed E-state index contributed by atoms with van der Waals surface area (Å²) >= 11 is 1.87. The van der Waals surface area contributed by atoms with Crippen LogP contribution in [0.4, 0.5) is 15.8 Å². The van der Waals surface area contributed by atoms with Crippen LogP contribution >= 0.6 is 11.8 Å². The lowest BCUT2D eigenvalue weighted by Gasteiger charge is -2.15. The topological polar surface area (TPSA) is 38.0 Å². The van der Waals surface area contributed by atoms with Crippen molar-refractivity contribution in [2.75, 3.05) is 23.9 Å². The van der Waals surface area contributed by atoms with E-state index in [1.165, 1.54) is 25.0 Å². The molecule has 82 valence electrons. The molecular weight excluding hydrogens is 211 g/mol. The maximum Gasteiger partial charge on any atom is 0.125 e. The fraction of sp³-hybridized carbons (Fsp3) is 0.455. The third-order valence-electron chi connectivity index (χ3n) is 2.86. The highest BCUT2D eigenvalue weighted by molar-refractivity contribution is 8.00. The normalized spacial score (nSPS) is 17.5. The molecule has 2 rings (SSSR count). The number of nitrogens with two attached hydrogens (primary N) is 1. The maximum absolute atomic E-state index is 13.0. The lowest BCUT2D eigenvalue weighted by Crippen LogP contribution is -2.18. The van der Waals surface area contributed by atoms with E-state index >= 15 is 0 Å². The van der Waals surface area contributed by atoms with Gasteiger partial charge in [0.25, 0.3) is 0 Å². The van der Waals surface area contributed by atoms with Gasteiger partial charge in [0, 0.05) is 11.3 Å². The molecule has 4 heteroatoms. The van der Waals surface area contributed by atoms with Gasteiger partial charge in [0.1, 0.15) is 5.82 Å². The predicted octanol–water partition coefficient (Wildman–Crippen LogP) is 2.72. The molecule has 1 aromatic rings. The third-order valence-corrected chi connectivity index (χ3v) is 4.28. The van der Waals surface area contributed by atoms with Gasteiger partial charge in [-0.25, -0.2) is 4.39 Å². The van der Waals surface area contributed by atoms with E-state index in [0.717, 1.165) is 6.54 Å². The summed E-state index contributed by atoms with van der Waals surface area (Å²) in [4.78, 5) is 0. The van der Waals surface area contributed by atoms with Gasteiger partial charge in [-0.15, -0.1) is 0 Å². The van der Waals surface area contributed by atoms with Crippen molar-refractivity contribution in [3.63, 3.8) is 0 Å². The number of hydrogen-bond donors (Lipinski definition) is 2. The zero-order chi connectivity index (χ0) is 10.9. The van der Waals surface area contributed by atoms with E-state index in [9.17, 15) is 4.39 Å². The molecule has 1 aliphatic carbocycles. The largest absolute Gasteiger partial charge is 0.397 e. The van der Waals surface area contributed by atoms with E-state index in [-0.39, 0.29) is 5.82 Å². The second-order valence-corrected chi connectivity index (χ2v) is 5.25. The molecular formula is C11H15FN2S. The smallest absolute Gasteiger partial charge is 0.125 e. The van der Waals surface area contributed by atoms with E-state index in [4.69, 9.17) is 5.73 Å². The van der Waals surface area contributed by atoms with Crippen LogP contribution in [0.1, 0.15) is 12.8 Å². The van der Waals surface area contributed by atoms with Crippen molar-refractivity contribution in [3.8, 4) is 0 Å². The van der Waals surface area contributed by atoms with Gasteiger partial charge in [0.15, 0.2) is 0 Å². The fourth-order valence-corrected chi connectivity index (χ4v) is 2.26. The summed E-state index contributed by atoms with van der Waals surface area (Å²) in [5.74, 6) is -0.249. The minimum absolute atomic E-state index is 0.249. The zero-order valence-electron chi connectivity index (χ0n) is 8.72. The van der Waals surface area contributed by atoms with Gasteiger partial charge < -0.3 is 11.1 Å². The number of thioether (sulfide) groups is 1. The van der Waals surface area contributed by atoms with E-state index in [1.807, 2.05) is 11.8 Å². The van der Waals surface area contributed by atoms with Crippen LogP contribution in [0, 0.1) is 5.82 Å². The van der Waals surface area contributed by atoms with Crippen molar-refractivity contribution in [1.82, 2.24) is 0 Å². The van der Waals surface area contributed by atoms with Crippen LogP contribution in [0.25, 0.3) is 0 Å². The van der Waals surface area contributed by atoms with Crippen molar-refractivity contribution < 1.29 is 4.39 Å². The monoisotopic (exact) mass is 226 g/mol. The first kappa shape index (κ1) is 10.6. The van der Waals surface area contributed by atoms with Crippen LogP contribution in [-0.2, 0) is 0 Å². The third kappa shape index (κ3) is 2.37. The van der Waals surface area contributed by atoms with E-state index in [1.54, 1.807) is 6.07 Å². The summed E-state index contributed by atoms with van der Waals surface area (Å²) in [6, 6.07) is 4.42. The van der Waals surface area contributed by atoms with Gasteiger partial charge in [-0.05, 0) is 37.3 Å². The molecule has 0 saturated heterocycles. The Balaban J connectivity index is 2.01. The number of halogens is 1. The Morgan fingerprint density at radius 1 is 1.53 bits per heavy atom. The SMILES string of the molecule is CSC1(CNc2cc(F)ccc2N)CC1. The van der Waals surface area contributed by atoms with Crippen molar-refractivity contribution in [2.45, 2.75) is 17.6 Å². The van der Waals surface area contributed by atoms with Crippen LogP contribution in [0.15, 0.2) is 18.2 Å². The van der Waals surface area contributed by atoms with Gasteiger partial charge in [-0.2, -0.15) is 11.8 Å². The molecule has 0 heterocycles. The van der Waals surface area contributed by atoms with E-state index in [0.29, 0.717) is 16.1 Å². The molecule has 0 unspecified atom stereocenters. The lowest BCUT2D eigenvalue weighted by molar-refractivity contribution is 0.628. The van der Waals surface area contributed by atoms with Crippen molar-refractivity contribution in [3.05, 3.63) is 24.0 Å². The Kier molecular flexibility index (Phi) is 2.78. The minimum atomic E-state index is -0.249. The summed E-state index contributed by atoms with van der Waals surface area (Å²) in [6.45, 7) is 0.863. The molecule has 15 heavy (non-hydrogen) atoms. The minimum Gasteiger partial charge on any atom is -0.397 e. The molecule has 0 spiro atoms. The molecule has 1 aliphatic rings. The first-order valence-electron chi connectivity index (χ1n) is 4.99. The van der Waals surface area contributed by atoms with Gasteiger partial charge in [0.2, 0.25) is 0 Å². The summed E-state index contributed by atoms with van der Waals surface area (Å²) in [5.41, 5.74) is 7.05. The molecule has 1 aromatic carbocycles. The van der Waals surface area contributed by atoms with Crippen molar-refractivity contribution >= 4 is 23.1 Å². The standard InChI is InChI=1S/C11H15FN2S/c1-15-11(4-5-11)7-14-10-6-8(12)2-3-9(10)13/h2-3,6,14H,4-5,7,13H2,1H3. The summed E-state index contributed by atoms with van der Waals surface area (Å²) in [5, 5.41) is 3.22. The number of nitrogen functional groups attached to an aromatic ring is 1. The van der Waals surface area contributed by atoms with Crippen molar-refractivity contribution in [2.24, 2.45) is 0 Å². The fourth-order valence-electron chi connectivity index (χ4n) is 1.53. The Bertz CT molecular complexity index is 364. The predicted molar refractivity (Wildman–Crippen MR) is 64.8 cm³/mol. The van der Waals surface area contributed by atoms with Crippen LogP contribution < -0.4 is 11.1 Å². The summed E-state index contributed by atoms with van der Waals surface area (Å²) in [6.07, 6.45) is 4.58. The molecule has 0 amide bonds. The first-order chi connectivity index (χ1) is 7.15. The van der Waals surface area contributed by atoms with Crippen LogP contribution in [0.3, 0.4) is 0 Å². The second-order valence-electron chi connectivity index (χ2n) is 3.97. The number of anilines is 2. The van der Waals surface area contributed by atoms with Crippen LogP contribution in [0.5, 0.6) is 0 Å². The highest BCUT2D eigenvalue weighted by atomic mass is 32.2. The summed E-state index contributed by atoms with van der Waals surface area (Å²) < 4.78 is 13.3. The average Bonchev–Trinajstić information content (AvgIpc) is 3.00. The number of hydrogen-bond acceptors (Lipinski definition) is 3. The highest BCUT2D eigenvalue weighted by Gasteiger charge is 2.41. The molecule has 2 nitrogen and oxygen atoms in total. The Hall–Kier alpha value is -0.900. The molecule has 3 N–H and O–H groups in total. The number of rotatable bonds is 4. The number of benzene rings is 1. The van der Waals surface area contributed by atoms with Crippen LogP contribution in [0.2, 0.25) is 0 Å². The van der Waals surface area contributed by atoms with Gasteiger partial charge in [0.05, 0.1) is 11.4 Å². The highest BCUT2D eigenvalue weighted by Crippen LogP contribution is 2.47. The Morgan fingerprint density at radius 2 is 2.27 bits per heavy atom. The average molecular weight is 226 g/mol. The first-order valence-corrected chi connectivity index (χ1v) is 6.22. The number of nitrogens with one attached hydrogen (secondary N) is 1. The van der Waals surface area contributed by atoms with Gasteiger partial charge in [-0.3, -0.25) is 0 Å². The quantitative estimate of drug-likeness (QED) is 0.775. The second kappa shape index (κ2) is 3.93.